The molecule has 0 aliphatic heterocycles. The highest BCUT2D eigenvalue weighted by molar-refractivity contribution is 5.96. The van der Waals surface area contributed by atoms with Gasteiger partial charge in [-0.05, 0) is 42.7 Å². The first-order valence-corrected chi connectivity index (χ1v) is 14.6. The third-order valence-electron chi connectivity index (χ3n) is 6.90. The summed E-state index contributed by atoms with van der Waals surface area (Å²) >= 11 is 0. The van der Waals surface area contributed by atoms with Gasteiger partial charge in [-0.15, -0.1) is 0 Å². The van der Waals surface area contributed by atoms with Crippen LogP contribution in [-0.2, 0) is 40.0 Å². The summed E-state index contributed by atoms with van der Waals surface area (Å²) in [4.78, 5) is 86.4. The molecular formula is C30H45N5O10. The van der Waals surface area contributed by atoms with Gasteiger partial charge in [0.2, 0.25) is 23.6 Å². The molecule has 0 aromatic heterocycles. The van der Waals surface area contributed by atoms with Gasteiger partial charge in [-0.1, -0.05) is 52.0 Å². The molecule has 0 bridgehead atoms. The van der Waals surface area contributed by atoms with Crippen molar-refractivity contribution < 1.29 is 48.9 Å². The van der Waals surface area contributed by atoms with Crippen LogP contribution in [0.3, 0.4) is 0 Å². The summed E-state index contributed by atoms with van der Waals surface area (Å²) in [7, 11) is 0. The van der Waals surface area contributed by atoms with Crippen LogP contribution in [-0.4, -0.2) is 87.1 Å². The SMILES string of the molecule is Cc1ccccc1C[C@H](NC(=O)[C@H](CC(C)C)NC(=O)[C@@H](NC(=O)[C@@H](N)CCC(=O)O)C(C)C)C(=O)N[C@@H](CC(=O)O)C(=O)O. The van der Waals surface area contributed by atoms with Gasteiger partial charge in [0.25, 0.3) is 0 Å². The van der Waals surface area contributed by atoms with Gasteiger partial charge < -0.3 is 42.3 Å². The lowest BCUT2D eigenvalue weighted by molar-refractivity contribution is -0.147. The van der Waals surface area contributed by atoms with E-state index in [1.807, 2.05) is 0 Å². The minimum Gasteiger partial charge on any atom is -0.481 e. The Morgan fingerprint density at radius 2 is 1.29 bits per heavy atom. The summed E-state index contributed by atoms with van der Waals surface area (Å²) in [5, 5.41) is 37.3. The molecule has 0 fully saturated rings. The number of benzene rings is 1. The van der Waals surface area contributed by atoms with E-state index in [9.17, 15) is 38.7 Å². The van der Waals surface area contributed by atoms with E-state index in [1.165, 1.54) is 0 Å². The molecule has 4 amide bonds. The van der Waals surface area contributed by atoms with E-state index >= 15 is 0 Å². The number of rotatable bonds is 19. The summed E-state index contributed by atoms with van der Waals surface area (Å²) < 4.78 is 0. The Bertz CT molecular complexity index is 1240. The first-order valence-electron chi connectivity index (χ1n) is 14.6. The smallest absolute Gasteiger partial charge is 0.326 e. The summed E-state index contributed by atoms with van der Waals surface area (Å²) in [6.45, 7) is 8.70. The van der Waals surface area contributed by atoms with Gasteiger partial charge in [-0.2, -0.15) is 0 Å². The fourth-order valence-corrected chi connectivity index (χ4v) is 4.36. The molecule has 0 spiro atoms. The van der Waals surface area contributed by atoms with E-state index in [2.05, 4.69) is 21.3 Å². The number of nitrogens with one attached hydrogen (secondary N) is 4. The van der Waals surface area contributed by atoms with Gasteiger partial charge in [0.1, 0.15) is 24.2 Å². The number of carbonyl (C=O) groups excluding carboxylic acids is 4. The Kier molecular flexibility index (Phi) is 15.7. The maximum atomic E-state index is 13.6. The standard InChI is InChI=1S/C30H45N5O10/c1-15(2)12-20(33-29(43)25(16(3)4)35-26(40)19(31)10-11-23(36)37)27(41)32-21(13-18-9-7-6-8-17(18)5)28(42)34-22(30(44)45)14-24(38)39/h6-9,15-16,19-22,25H,10-14,31H2,1-5H3,(H,32,41)(H,33,43)(H,34,42)(H,35,40)(H,36,37)(H,38,39)(H,44,45)/t19-,20-,21-,22-,25-/m0/s1. The van der Waals surface area contributed by atoms with Crippen molar-refractivity contribution in [2.45, 2.75) is 96.9 Å². The molecular weight excluding hydrogens is 590 g/mol. The minimum absolute atomic E-state index is 0.0646. The number of hydrogen-bond donors (Lipinski definition) is 8. The zero-order valence-corrected chi connectivity index (χ0v) is 26.2. The van der Waals surface area contributed by atoms with Crippen LogP contribution in [0.4, 0.5) is 0 Å². The number of aryl methyl sites for hydroxylation is 1. The predicted molar refractivity (Wildman–Crippen MR) is 162 cm³/mol. The number of carboxylic acid groups (broad SMARTS) is 3. The summed E-state index contributed by atoms with van der Waals surface area (Å²) in [6, 6.07) is 0.414. The lowest BCUT2D eigenvalue weighted by Gasteiger charge is -2.28. The zero-order chi connectivity index (χ0) is 34.4. The van der Waals surface area contributed by atoms with Crippen molar-refractivity contribution in [1.82, 2.24) is 21.3 Å². The Labute approximate surface area is 261 Å². The minimum atomic E-state index is -1.75. The van der Waals surface area contributed by atoms with Crippen LogP contribution in [0.2, 0.25) is 0 Å². The van der Waals surface area contributed by atoms with Crippen LogP contribution < -0.4 is 27.0 Å². The van der Waals surface area contributed by atoms with Gasteiger partial charge in [0, 0.05) is 12.8 Å². The third kappa shape index (κ3) is 13.8. The Hall–Kier alpha value is -4.53. The Morgan fingerprint density at radius 1 is 0.733 bits per heavy atom. The van der Waals surface area contributed by atoms with Gasteiger partial charge in [-0.3, -0.25) is 28.8 Å². The fraction of sp³-hybridized carbons (Fsp3) is 0.567. The molecule has 0 radical (unpaired) electrons. The van der Waals surface area contributed by atoms with Crippen molar-refractivity contribution in [3.8, 4) is 0 Å². The first-order chi connectivity index (χ1) is 20.9. The highest BCUT2D eigenvalue weighted by Gasteiger charge is 2.33. The highest BCUT2D eigenvalue weighted by Crippen LogP contribution is 2.13. The molecule has 0 saturated heterocycles. The van der Waals surface area contributed by atoms with Gasteiger partial charge in [0.05, 0.1) is 12.5 Å². The molecule has 15 heteroatoms. The zero-order valence-electron chi connectivity index (χ0n) is 26.2. The summed E-state index contributed by atoms with van der Waals surface area (Å²) in [5.74, 6) is -7.86. The van der Waals surface area contributed by atoms with Crippen LogP contribution >= 0.6 is 0 Å². The monoisotopic (exact) mass is 635 g/mol. The molecule has 0 aliphatic rings. The molecule has 1 aromatic carbocycles. The molecule has 15 nitrogen and oxygen atoms in total. The quantitative estimate of drug-likeness (QED) is 0.0998. The number of carbonyl (C=O) groups is 7. The normalized spacial score (nSPS) is 14.4. The van der Waals surface area contributed by atoms with Crippen LogP contribution in [0.25, 0.3) is 0 Å². The average Bonchev–Trinajstić information content (AvgIpc) is 2.93. The predicted octanol–water partition coefficient (Wildman–Crippen LogP) is -0.0698. The van der Waals surface area contributed by atoms with Crippen LogP contribution in [0.5, 0.6) is 0 Å². The fourth-order valence-electron chi connectivity index (χ4n) is 4.36. The lowest BCUT2D eigenvalue weighted by atomic mass is 9.97. The molecule has 45 heavy (non-hydrogen) atoms. The first kappa shape index (κ1) is 38.5. The second-order valence-electron chi connectivity index (χ2n) is 11.6. The number of carboxylic acids is 3. The van der Waals surface area contributed by atoms with Crippen molar-refractivity contribution in [1.29, 1.82) is 0 Å². The number of nitrogens with two attached hydrogens (primary N) is 1. The van der Waals surface area contributed by atoms with Crippen molar-refractivity contribution in [2.75, 3.05) is 0 Å². The molecule has 0 saturated carbocycles. The highest BCUT2D eigenvalue weighted by atomic mass is 16.4. The summed E-state index contributed by atoms with van der Waals surface area (Å²) in [6.07, 6.45) is -1.31. The molecule has 0 heterocycles. The van der Waals surface area contributed by atoms with Crippen molar-refractivity contribution in [3.05, 3.63) is 35.4 Å². The molecule has 5 atom stereocenters. The average molecular weight is 636 g/mol. The second kappa shape index (κ2) is 18.3. The van der Waals surface area contributed by atoms with Gasteiger partial charge in [0.15, 0.2) is 0 Å². The maximum Gasteiger partial charge on any atom is 0.326 e. The van der Waals surface area contributed by atoms with Crippen LogP contribution in [0, 0.1) is 18.8 Å². The van der Waals surface area contributed by atoms with Crippen molar-refractivity contribution in [2.24, 2.45) is 17.6 Å². The van der Waals surface area contributed by atoms with E-state index in [1.54, 1.807) is 58.9 Å². The molecule has 0 aliphatic carbocycles. The third-order valence-corrected chi connectivity index (χ3v) is 6.90. The van der Waals surface area contributed by atoms with E-state index in [0.29, 0.717) is 5.56 Å². The van der Waals surface area contributed by atoms with E-state index in [0.717, 1.165) is 5.56 Å². The van der Waals surface area contributed by atoms with Crippen molar-refractivity contribution >= 4 is 41.5 Å². The molecule has 9 N–H and O–H groups in total. The van der Waals surface area contributed by atoms with E-state index in [-0.39, 0.29) is 31.6 Å². The van der Waals surface area contributed by atoms with E-state index < -0.39 is 84.1 Å². The van der Waals surface area contributed by atoms with Crippen LogP contribution in [0.15, 0.2) is 24.3 Å². The lowest BCUT2D eigenvalue weighted by Crippen LogP contribution is -2.60. The Morgan fingerprint density at radius 3 is 1.80 bits per heavy atom. The number of hydrogen-bond acceptors (Lipinski definition) is 8. The number of amides is 4. The molecule has 1 rings (SSSR count). The number of aliphatic carboxylic acids is 3. The van der Waals surface area contributed by atoms with Gasteiger partial charge in [-0.25, -0.2) is 4.79 Å². The molecule has 250 valence electrons. The molecule has 1 aromatic rings. The van der Waals surface area contributed by atoms with Crippen LogP contribution in [0.1, 0.15) is 64.5 Å². The Balaban J connectivity index is 3.25. The maximum absolute atomic E-state index is 13.6. The second-order valence-corrected chi connectivity index (χ2v) is 11.6. The summed E-state index contributed by atoms with van der Waals surface area (Å²) in [5.41, 5.74) is 7.24. The topological polar surface area (TPSA) is 254 Å². The van der Waals surface area contributed by atoms with Gasteiger partial charge >= 0.3 is 17.9 Å². The van der Waals surface area contributed by atoms with E-state index in [4.69, 9.17) is 15.9 Å². The molecule has 0 unspecified atom stereocenters. The van der Waals surface area contributed by atoms with Crippen molar-refractivity contribution in [3.63, 3.8) is 0 Å². The largest absolute Gasteiger partial charge is 0.481 e.